The maximum atomic E-state index is 11.3. The van der Waals surface area contributed by atoms with Crippen LogP contribution in [0.3, 0.4) is 0 Å². The van der Waals surface area contributed by atoms with Crippen LogP contribution in [0.2, 0.25) is 0 Å². The number of nitrogens with zero attached hydrogens (tertiary/aromatic N) is 1. The molecular formula is C14H18BrNO2. The Hall–Kier alpha value is -1.03. The van der Waals surface area contributed by atoms with Crippen molar-refractivity contribution in [3.63, 3.8) is 0 Å². The van der Waals surface area contributed by atoms with Crippen molar-refractivity contribution in [1.29, 1.82) is 0 Å². The molecular weight excluding hydrogens is 294 g/mol. The van der Waals surface area contributed by atoms with E-state index in [1.165, 1.54) is 0 Å². The molecule has 1 aliphatic rings. The standard InChI is InChI=1S/C14H18BrNO2/c1-14(2)5-7-16(8-6-14)12-9-10(15)3-4-11(12)13(17)18/h3-4,9H,5-8H2,1-2H3,(H,17,18). The van der Waals surface area contributed by atoms with Crippen LogP contribution in [0.5, 0.6) is 0 Å². The zero-order valence-corrected chi connectivity index (χ0v) is 12.3. The van der Waals surface area contributed by atoms with Crippen LogP contribution in [0, 0.1) is 5.41 Å². The quantitative estimate of drug-likeness (QED) is 0.903. The third-order valence-corrected chi connectivity index (χ3v) is 4.14. The van der Waals surface area contributed by atoms with Gasteiger partial charge in [0.15, 0.2) is 0 Å². The molecule has 0 spiro atoms. The van der Waals surface area contributed by atoms with Crippen molar-refractivity contribution in [3.8, 4) is 0 Å². The summed E-state index contributed by atoms with van der Waals surface area (Å²) in [7, 11) is 0. The number of carbonyl (C=O) groups is 1. The minimum absolute atomic E-state index is 0.367. The number of hydrogen-bond donors (Lipinski definition) is 1. The normalized spacial score (nSPS) is 18.7. The molecule has 1 N–H and O–H groups in total. The number of carboxylic acid groups (broad SMARTS) is 1. The second kappa shape index (κ2) is 4.92. The summed E-state index contributed by atoms with van der Waals surface area (Å²) in [5.41, 5.74) is 1.58. The monoisotopic (exact) mass is 311 g/mol. The van der Waals surface area contributed by atoms with Gasteiger partial charge in [-0.3, -0.25) is 0 Å². The molecule has 4 heteroatoms. The molecule has 1 fully saturated rings. The molecule has 2 rings (SSSR count). The predicted molar refractivity (Wildman–Crippen MR) is 76.3 cm³/mol. The number of halogens is 1. The lowest BCUT2D eigenvalue weighted by molar-refractivity contribution is 0.0697. The SMILES string of the molecule is CC1(C)CCN(c2cc(Br)ccc2C(=O)O)CC1. The molecule has 1 saturated heterocycles. The van der Waals surface area contributed by atoms with Crippen LogP contribution < -0.4 is 4.90 Å². The fraction of sp³-hybridized carbons (Fsp3) is 0.500. The third kappa shape index (κ3) is 2.86. The molecule has 0 saturated carbocycles. The lowest BCUT2D eigenvalue weighted by atomic mass is 9.82. The van der Waals surface area contributed by atoms with Gasteiger partial charge < -0.3 is 10.0 Å². The van der Waals surface area contributed by atoms with Gasteiger partial charge in [-0.15, -0.1) is 0 Å². The van der Waals surface area contributed by atoms with Crippen LogP contribution in [0.1, 0.15) is 37.0 Å². The zero-order valence-electron chi connectivity index (χ0n) is 10.7. The number of anilines is 1. The first-order chi connectivity index (χ1) is 8.39. The van der Waals surface area contributed by atoms with Gasteiger partial charge in [0.25, 0.3) is 0 Å². The highest BCUT2D eigenvalue weighted by atomic mass is 79.9. The van der Waals surface area contributed by atoms with Crippen molar-refractivity contribution in [1.82, 2.24) is 0 Å². The van der Waals surface area contributed by atoms with Crippen molar-refractivity contribution in [3.05, 3.63) is 28.2 Å². The fourth-order valence-electron chi connectivity index (χ4n) is 2.30. The molecule has 1 aliphatic heterocycles. The lowest BCUT2D eigenvalue weighted by Crippen LogP contribution is -2.38. The van der Waals surface area contributed by atoms with Gasteiger partial charge in [-0.2, -0.15) is 0 Å². The fourth-order valence-corrected chi connectivity index (χ4v) is 2.65. The van der Waals surface area contributed by atoms with Crippen LogP contribution in [-0.4, -0.2) is 24.2 Å². The van der Waals surface area contributed by atoms with E-state index in [1.54, 1.807) is 12.1 Å². The van der Waals surface area contributed by atoms with Gasteiger partial charge in [0.2, 0.25) is 0 Å². The highest BCUT2D eigenvalue weighted by Crippen LogP contribution is 2.34. The second-order valence-corrected chi connectivity index (χ2v) is 6.53. The maximum absolute atomic E-state index is 11.3. The first-order valence-electron chi connectivity index (χ1n) is 6.17. The van der Waals surface area contributed by atoms with Crippen molar-refractivity contribution < 1.29 is 9.90 Å². The topological polar surface area (TPSA) is 40.5 Å². The molecule has 1 aromatic carbocycles. The summed E-state index contributed by atoms with van der Waals surface area (Å²) in [6.45, 7) is 6.38. The van der Waals surface area contributed by atoms with Gasteiger partial charge in [-0.1, -0.05) is 29.8 Å². The molecule has 0 bridgehead atoms. The Kier molecular flexibility index (Phi) is 3.66. The molecule has 0 radical (unpaired) electrons. The van der Waals surface area contributed by atoms with E-state index in [1.807, 2.05) is 6.07 Å². The van der Waals surface area contributed by atoms with Crippen molar-refractivity contribution in [2.75, 3.05) is 18.0 Å². The van der Waals surface area contributed by atoms with Crippen LogP contribution >= 0.6 is 15.9 Å². The Bertz CT molecular complexity index is 461. The smallest absolute Gasteiger partial charge is 0.337 e. The van der Waals surface area contributed by atoms with Gasteiger partial charge in [0.1, 0.15) is 0 Å². The summed E-state index contributed by atoms with van der Waals surface area (Å²) >= 11 is 3.41. The molecule has 0 atom stereocenters. The van der Waals surface area contributed by atoms with E-state index in [0.717, 1.165) is 36.1 Å². The number of aromatic carboxylic acids is 1. The van der Waals surface area contributed by atoms with Gasteiger partial charge in [-0.25, -0.2) is 4.79 Å². The average molecular weight is 312 g/mol. The van der Waals surface area contributed by atoms with Crippen LogP contribution in [-0.2, 0) is 0 Å². The van der Waals surface area contributed by atoms with Crippen molar-refractivity contribution in [2.24, 2.45) is 5.41 Å². The number of rotatable bonds is 2. The van der Waals surface area contributed by atoms with Crippen LogP contribution in [0.15, 0.2) is 22.7 Å². The summed E-state index contributed by atoms with van der Waals surface area (Å²) < 4.78 is 0.923. The molecule has 98 valence electrons. The summed E-state index contributed by atoms with van der Waals surface area (Å²) in [6.07, 6.45) is 2.19. The molecule has 0 amide bonds. The highest BCUT2D eigenvalue weighted by molar-refractivity contribution is 9.10. The molecule has 18 heavy (non-hydrogen) atoms. The Balaban J connectivity index is 2.28. The predicted octanol–water partition coefficient (Wildman–Crippen LogP) is 3.77. The zero-order chi connectivity index (χ0) is 13.3. The number of benzene rings is 1. The van der Waals surface area contributed by atoms with E-state index in [9.17, 15) is 9.90 Å². The van der Waals surface area contributed by atoms with Crippen LogP contribution in [0.25, 0.3) is 0 Å². The molecule has 0 aliphatic carbocycles. The molecule has 1 aromatic rings. The van der Waals surface area contributed by atoms with E-state index in [-0.39, 0.29) is 0 Å². The first-order valence-corrected chi connectivity index (χ1v) is 6.96. The summed E-state index contributed by atoms with van der Waals surface area (Å²) in [6, 6.07) is 5.35. The van der Waals surface area contributed by atoms with E-state index < -0.39 is 5.97 Å². The Morgan fingerprint density at radius 2 is 1.94 bits per heavy atom. The first kappa shape index (κ1) is 13.4. The lowest BCUT2D eigenvalue weighted by Gasteiger charge is -2.38. The summed E-state index contributed by atoms with van der Waals surface area (Å²) in [5, 5.41) is 9.25. The van der Waals surface area contributed by atoms with E-state index in [2.05, 4.69) is 34.7 Å². The molecule has 0 aromatic heterocycles. The average Bonchev–Trinajstić information content (AvgIpc) is 2.28. The van der Waals surface area contributed by atoms with Gasteiger partial charge in [0, 0.05) is 17.6 Å². The number of carboxylic acids is 1. The second-order valence-electron chi connectivity index (χ2n) is 5.62. The minimum atomic E-state index is -0.859. The maximum Gasteiger partial charge on any atom is 0.337 e. The largest absolute Gasteiger partial charge is 0.478 e. The van der Waals surface area contributed by atoms with Crippen molar-refractivity contribution in [2.45, 2.75) is 26.7 Å². The van der Waals surface area contributed by atoms with E-state index >= 15 is 0 Å². The summed E-state index contributed by atoms with van der Waals surface area (Å²) in [4.78, 5) is 13.4. The Morgan fingerprint density at radius 3 is 2.50 bits per heavy atom. The molecule has 0 unspecified atom stereocenters. The number of hydrogen-bond acceptors (Lipinski definition) is 2. The van der Waals surface area contributed by atoms with Crippen LogP contribution in [0.4, 0.5) is 5.69 Å². The summed E-state index contributed by atoms with van der Waals surface area (Å²) in [5.74, 6) is -0.859. The van der Waals surface area contributed by atoms with E-state index in [4.69, 9.17) is 0 Å². The highest BCUT2D eigenvalue weighted by Gasteiger charge is 2.27. The van der Waals surface area contributed by atoms with Gasteiger partial charge in [0.05, 0.1) is 11.3 Å². The third-order valence-electron chi connectivity index (χ3n) is 3.65. The van der Waals surface area contributed by atoms with Gasteiger partial charge in [-0.05, 0) is 36.5 Å². The number of piperidine rings is 1. The Labute approximate surface area is 116 Å². The molecule has 1 heterocycles. The molecule has 3 nitrogen and oxygen atoms in total. The van der Waals surface area contributed by atoms with E-state index in [0.29, 0.717) is 11.0 Å². The Morgan fingerprint density at radius 1 is 1.33 bits per heavy atom. The van der Waals surface area contributed by atoms with Crippen molar-refractivity contribution >= 4 is 27.6 Å². The minimum Gasteiger partial charge on any atom is -0.478 e. The van der Waals surface area contributed by atoms with Gasteiger partial charge >= 0.3 is 5.97 Å².